The topological polar surface area (TPSA) is 72.8 Å². The highest BCUT2D eigenvalue weighted by molar-refractivity contribution is 6.03. The van der Waals surface area contributed by atoms with Crippen molar-refractivity contribution in [1.29, 1.82) is 0 Å². The summed E-state index contributed by atoms with van der Waals surface area (Å²) >= 11 is 0. The lowest BCUT2D eigenvalue weighted by Gasteiger charge is -2.51. The maximum absolute atomic E-state index is 14.8. The van der Waals surface area contributed by atoms with Crippen LogP contribution in [0.4, 0.5) is 0 Å². The number of rotatable bonds is 9. The summed E-state index contributed by atoms with van der Waals surface area (Å²) in [5, 5.41) is 13.1. The fourth-order valence-electron chi connectivity index (χ4n) is 7.07. The molecule has 5 atom stereocenters. The molecule has 5 nitrogen and oxygen atoms in total. The van der Waals surface area contributed by atoms with Crippen LogP contribution in [0.1, 0.15) is 55.7 Å². The first-order valence-corrected chi connectivity index (χ1v) is 15.2. The number of benzene rings is 5. The zero-order valence-corrected chi connectivity index (χ0v) is 25.4. The zero-order chi connectivity index (χ0) is 31.4. The van der Waals surface area contributed by atoms with Crippen LogP contribution in [0.5, 0.6) is 11.5 Å². The Morgan fingerprint density at radius 3 is 1.53 bits per heavy atom. The normalized spacial score (nSPS) is 22.7. The predicted molar refractivity (Wildman–Crippen MR) is 175 cm³/mol. The van der Waals surface area contributed by atoms with Crippen molar-refractivity contribution < 1.29 is 24.2 Å². The summed E-state index contributed by atoms with van der Waals surface area (Å²) in [5.74, 6) is -1.67. The van der Waals surface area contributed by atoms with Gasteiger partial charge in [0.2, 0.25) is 0 Å². The molecule has 1 N–H and O–H groups in total. The van der Waals surface area contributed by atoms with Crippen molar-refractivity contribution in [2.24, 2.45) is 11.8 Å². The smallest absolute Gasteiger partial charge is 0.169 e. The van der Waals surface area contributed by atoms with E-state index in [1.165, 1.54) is 0 Å². The summed E-state index contributed by atoms with van der Waals surface area (Å²) in [6.07, 6.45) is 0.169. The van der Waals surface area contributed by atoms with Crippen LogP contribution in [0.2, 0.25) is 0 Å². The van der Waals surface area contributed by atoms with Crippen molar-refractivity contribution in [1.82, 2.24) is 0 Å². The van der Waals surface area contributed by atoms with Gasteiger partial charge in [-0.2, -0.15) is 0 Å². The van der Waals surface area contributed by atoms with Crippen LogP contribution >= 0.6 is 0 Å². The number of ketones is 2. The van der Waals surface area contributed by atoms with E-state index in [-0.39, 0.29) is 18.0 Å². The quantitative estimate of drug-likeness (QED) is 0.175. The number of hydrogen-bond donors (Lipinski definition) is 1. The Hall–Kier alpha value is -5.00. The van der Waals surface area contributed by atoms with E-state index in [2.05, 4.69) is 0 Å². The van der Waals surface area contributed by atoms with Crippen LogP contribution in [0, 0.1) is 11.8 Å². The fourth-order valence-corrected chi connectivity index (χ4v) is 7.07. The fraction of sp³-hybridized carbons (Fsp3) is 0.200. The second-order valence-electron chi connectivity index (χ2n) is 11.6. The molecule has 1 aliphatic rings. The molecule has 45 heavy (non-hydrogen) atoms. The Morgan fingerprint density at radius 1 is 0.600 bits per heavy atom. The van der Waals surface area contributed by atoms with Gasteiger partial charge in [0.15, 0.2) is 11.6 Å². The molecule has 5 aromatic rings. The van der Waals surface area contributed by atoms with Gasteiger partial charge in [0, 0.05) is 23.0 Å². The number of ether oxygens (including phenoxy) is 2. The Morgan fingerprint density at radius 2 is 1.04 bits per heavy atom. The largest absolute Gasteiger partial charge is 0.497 e. The SMILES string of the molecule is COc1ccc(C2CC(O)(c3ccccc3)C(C(=O)c3ccccc3)C(c3ccc(OC)cc3)C2C(=O)c2ccccc2)cc1. The molecule has 0 amide bonds. The maximum Gasteiger partial charge on any atom is 0.169 e. The van der Waals surface area contributed by atoms with E-state index in [0.717, 1.165) is 11.1 Å². The third kappa shape index (κ3) is 5.79. The van der Waals surface area contributed by atoms with E-state index in [1.54, 1.807) is 26.4 Å². The minimum atomic E-state index is -1.60. The van der Waals surface area contributed by atoms with Crippen LogP contribution in [-0.2, 0) is 5.60 Å². The van der Waals surface area contributed by atoms with E-state index in [1.807, 2.05) is 127 Å². The molecule has 1 aliphatic carbocycles. The molecule has 0 spiro atoms. The second-order valence-corrected chi connectivity index (χ2v) is 11.6. The van der Waals surface area contributed by atoms with Crippen LogP contribution in [-0.4, -0.2) is 30.9 Å². The third-order valence-corrected chi connectivity index (χ3v) is 9.25. The van der Waals surface area contributed by atoms with Crippen molar-refractivity contribution >= 4 is 11.6 Å². The minimum absolute atomic E-state index is 0.0711. The van der Waals surface area contributed by atoms with E-state index in [9.17, 15) is 14.7 Å². The van der Waals surface area contributed by atoms with Crippen molar-refractivity contribution in [3.63, 3.8) is 0 Å². The van der Waals surface area contributed by atoms with Gasteiger partial charge in [-0.15, -0.1) is 0 Å². The molecule has 0 heterocycles. The van der Waals surface area contributed by atoms with Gasteiger partial charge >= 0.3 is 0 Å². The third-order valence-electron chi connectivity index (χ3n) is 9.25. The predicted octanol–water partition coefficient (Wildman–Crippen LogP) is 7.86. The van der Waals surface area contributed by atoms with Crippen LogP contribution in [0.25, 0.3) is 0 Å². The van der Waals surface area contributed by atoms with Crippen molar-refractivity contribution in [2.75, 3.05) is 14.2 Å². The summed E-state index contributed by atoms with van der Waals surface area (Å²) in [6, 6.07) is 42.9. The van der Waals surface area contributed by atoms with Crippen LogP contribution < -0.4 is 9.47 Å². The molecule has 1 saturated carbocycles. The highest BCUT2D eigenvalue weighted by atomic mass is 16.5. The highest BCUT2D eigenvalue weighted by Gasteiger charge is 2.58. The minimum Gasteiger partial charge on any atom is -0.497 e. The number of hydrogen-bond acceptors (Lipinski definition) is 5. The molecule has 5 aromatic carbocycles. The lowest BCUT2D eigenvalue weighted by Crippen LogP contribution is -2.53. The molecule has 0 saturated heterocycles. The van der Waals surface area contributed by atoms with E-state index in [4.69, 9.17) is 9.47 Å². The number of carbonyl (C=O) groups excluding carboxylic acids is 2. The first kappa shape index (κ1) is 30.0. The van der Waals surface area contributed by atoms with Crippen LogP contribution in [0.15, 0.2) is 140 Å². The first-order valence-electron chi connectivity index (χ1n) is 15.2. The molecular weight excluding hydrogens is 560 g/mol. The van der Waals surface area contributed by atoms with Gasteiger partial charge in [-0.1, -0.05) is 115 Å². The van der Waals surface area contributed by atoms with Crippen molar-refractivity contribution in [3.05, 3.63) is 167 Å². The molecule has 0 aliphatic heterocycles. The summed E-state index contributed by atoms with van der Waals surface area (Å²) in [7, 11) is 3.22. The summed E-state index contributed by atoms with van der Waals surface area (Å²) in [6.45, 7) is 0. The number of Topliss-reactive ketones (excluding diaryl/α,β-unsaturated/α-hetero) is 2. The highest BCUT2D eigenvalue weighted by Crippen LogP contribution is 2.58. The van der Waals surface area contributed by atoms with Gasteiger partial charge in [0.1, 0.15) is 17.1 Å². The monoisotopic (exact) mass is 596 g/mol. The Labute approximate surface area is 264 Å². The van der Waals surface area contributed by atoms with Gasteiger partial charge in [0.05, 0.1) is 20.1 Å². The number of methoxy groups -OCH3 is 2. The summed E-state index contributed by atoms with van der Waals surface area (Å²) in [4.78, 5) is 29.6. The molecule has 6 rings (SSSR count). The molecule has 0 aromatic heterocycles. The Balaban J connectivity index is 1.64. The molecular formula is C40H36O5. The van der Waals surface area contributed by atoms with Gasteiger partial charge in [-0.3, -0.25) is 9.59 Å². The van der Waals surface area contributed by atoms with Gasteiger partial charge in [0.25, 0.3) is 0 Å². The van der Waals surface area contributed by atoms with E-state index >= 15 is 0 Å². The lowest BCUT2D eigenvalue weighted by molar-refractivity contribution is -0.0690. The summed E-state index contributed by atoms with van der Waals surface area (Å²) in [5.41, 5.74) is 1.77. The Kier molecular flexibility index (Phi) is 8.63. The van der Waals surface area contributed by atoms with Gasteiger partial charge in [-0.25, -0.2) is 0 Å². The molecule has 0 radical (unpaired) electrons. The molecule has 5 unspecified atom stereocenters. The maximum atomic E-state index is 14.8. The number of aliphatic hydroxyl groups is 1. The standard InChI is InChI=1S/C40H36O5/c1-44-32-22-18-27(19-23-32)34-26-40(43,31-16-10-5-11-17-31)37(39(42)30-14-8-4-9-15-30)35(28-20-24-33(45-2)25-21-28)36(34)38(41)29-12-6-3-7-13-29/h3-25,34-37,43H,26H2,1-2H3. The van der Waals surface area contributed by atoms with Gasteiger partial charge in [-0.05, 0) is 53.3 Å². The van der Waals surface area contributed by atoms with Crippen molar-refractivity contribution in [2.45, 2.75) is 23.9 Å². The number of carbonyl (C=O) groups is 2. The van der Waals surface area contributed by atoms with Crippen molar-refractivity contribution in [3.8, 4) is 11.5 Å². The zero-order valence-electron chi connectivity index (χ0n) is 25.4. The average Bonchev–Trinajstić information content (AvgIpc) is 3.12. The van der Waals surface area contributed by atoms with Gasteiger partial charge < -0.3 is 14.6 Å². The molecule has 5 heteroatoms. The Bertz CT molecular complexity index is 1730. The molecule has 226 valence electrons. The molecule has 0 bridgehead atoms. The van der Waals surface area contributed by atoms with E-state index < -0.39 is 29.3 Å². The summed E-state index contributed by atoms with van der Waals surface area (Å²) < 4.78 is 10.9. The second kappa shape index (κ2) is 12.9. The lowest BCUT2D eigenvalue weighted by atomic mass is 9.52. The average molecular weight is 597 g/mol. The van der Waals surface area contributed by atoms with E-state index in [0.29, 0.717) is 28.2 Å². The molecule has 1 fully saturated rings. The van der Waals surface area contributed by atoms with Crippen LogP contribution in [0.3, 0.4) is 0 Å². The first-order chi connectivity index (χ1) is 21.9.